The summed E-state index contributed by atoms with van der Waals surface area (Å²) < 4.78 is 5.46. The Morgan fingerprint density at radius 3 is 2.54 bits per heavy atom. The van der Waals surface area contributed by atoms with Crippen molar-refractivity contribution in [1.82, 2.24) is 10.2 Å². The number of rotatable bonds is 5. The second-order valence-corrected chi connectivity index (χ2v) is 3.36. The molecule has 0 aromatic carbocycles. The Balaban J connectivity index is 2.66. The molecule has 0 saturated carbocycles. The molecule has 0 aliphatic carbocycles. The fourth-order valence-corrected chi connectivity index (χ4v) is 1.41. The molecule has 0 fully saturated rings. The average Bonchev–Trinajstić information content (AvgIpc) is 2.56. The molecule has 1 aromatic rings. The summed E-state index contributed by atoms with van der Waals surface area (Å²) in [7, 11) is 0. The molecule has 1 aromatic heterocycles. The van der Waals surface area contributed by atoms with Crippen LogP contribution in [0.3, 0.4) is 0 Å². The van der Waals surface area contributed by atoms with Crippen molar-refractivity contribution >= 4 is 11.6 Å². The Kier molecular flexibility index (Phi) is 4.22. The molecule has 0 aliphatic rings. The predicted octanol–water partition coefficient (Wildman–Crippen LogP) is 2.75. The molecule has 3 nitrogen and oxygen atoms in total. The van der Waals surface area contributed by atoms with Crippen LogP contribution < -0.4 is 0 Å². The van der Waals surface area contributed by atoms with Gasteiger partial charge in [-0.25, -0.2) is 0 Å². The van der Waals surface area contributed by atoms with Crippen LogP contribution >= 0.6 is 11.6 Å². The van der Waals surface area contributed by atoms with Crippen LogP contribution in [0.4, 0.5) is 0 Å². The zero-order valence-electron chi connectivity index (χ0n) is 8.09. The maximum absolute atomic E-state index is 5.56. The van der Waals surface area contributed by atoms with E-state index >= 15 is 0 Å². The van der Waals surface area contributed by atoms with E-state index < -0.39 is 0 Å². The Bertz CT molecular complexity index is 246. The highest BCUT2D eigenvalue weighted by molar-refractivity contribution is 6.17. The minimum atomic E-state index is 0.400. The lowest BCUT2D eigenvalue weighted by Crippen LogP contribution is -1.95. The minimum Gasteiger partial charge on any atom is -0.425 e. The van der Waals surface area contributed by atoms with Gasteiger partial charge in [0.25, 0.3) is 0 Å². The van der Waals surface area contributed by atoms with E-state index in [0.29, 0.717) is 24.1 Å². The molecule has 0 aliphatic heterocycles. The Morgan fingerprint density at radius 2 is 2.00 bits per heavy atom. The summed E-state index contributed by atoms with van der Waals surface area (Å²) in [6.07, 6.45) is 2.74. The monoisotopic (exact) mass is 202 g/mol. The lowest BCUT2D eigenvalue weighted by molar-refractivity contribution is 0.407. The summed E-state index contributed by atoms with van der Waals surface area (Å²) in [5.74, 6) is 2.34. The molecular weight excluding hydrogens is 188 g/mol. The number of aromatic nitrogens is 2. The van der Waals surface area contributed by atoms with Gasteiger partial charge in [0, 0.05) is 18.2 Å². The molecular formula is C9H15ClN2O. The van der Waals surface area contributed by atoms with E-state index in [0.717, 1.165) is 18.7 Å². The summed E-state index contributed by atoms with van der Waals surface area (Å²) in [6.45, 7) is 4.25. The first-order chi connectivity index (χ1) is 6.31. The van der Waals surface area contributed by atoms with E-state index in [1.54, 1.807) is 0 Å². The van der Waals surface area contributed by atoms with Crippen LogP contribution in [0.25, 0.3) is 0 Å². The Labute approximate surface area is 83.5 Å². The molecule has 0 radical (unpaired) electrons. The highest BCUT2D eigenvalue weighted by atomic mass is 35.5. The van der Waals surface area contributed by atoms with Gasteiger partial charge in [-0.05, 0) is 12.8 Å². The zero-order valence-corrected chi connectivity index (χ0v) is 8.84. The maximum Gasteiger partial charge on any atom is 0.219 e. The molecule has 0 saturated heterocycles. The third-order valence-corrected chi connectivity index (χ3v) is 2.31. The van der Waals surface area contributed by atoms with Gasteiger partial charge in [0.05, 0.1) is 0 Å². The van der Waals surface area contributed by atoms with Crippen molar-refractivity contribution < 1.29 is 4.42 Å². The van der Waals surface area contributed by atoms with E-state index in [1.807, 2.05) is 0 Å². The van der Waals surface area contributed by atoms with Gasteiger partial charge >= 0.3 is 0 Å². The summed E-state index contributed by atoms with van der Waals surface area (Å²) in [4.78, 5) is 0. The summed E-state index contributed by atoms with van der Waals surface area (Å²) in [5, 5.41) is 7.92. The molecule has 1 heterocycles. The molecule has 0 spiro atoms. The second-order valence-electron chi connectivity index (χ2n) is 2.99. The zero-order chi connectivity index (χ0) is 9.68. The van der Waals surface area contributed by atoms with Crippen molar-refractivity contribution in [3.8, 4) is 0 Å². The third kappa shape index (κ3) is 2.69. The Hall–Kier alpha value is -0.570. The number of aryl methyl sites for hydroxylation is 1. The lowest BCUT2D eigenvalue weighted by atomic mass is 10.0. The van der Waals surface area contributed by atoms with Crippen molar-refractivity contribution in [1.29, 1.82) is 0 Å². The van der Waals surface area contributed by atoms with Crippen LogP contribution in [0.2, 0.25) is 0 Å². The smallest absolute Gasteiger partial charge is 0.219 e. The van der Waals surface area contributed by atoms with Crippen LogP contribution in [-0.4, -0.2) is 16.1 Å². The van der Waals surface area contributed by atoms with E-state index in [4.69, 9.17) is 16.0 Å². The molecule has 0 atom stereocenters. The number of halogens is 1. The largest absolute Gasteiger partial charge is 0.425 e. The molecule has 0 N–H and O–H groups in total. The van der Waals surface area contributed by atoms with Gasteiger partial charge in [-0.15, -0.1) is 21.8 Å². The van der Waals surface area contributed by atoms with Gasteiger partial charge in [-0.2, -0.15) is 0 Å². The van der Waals surface area contributed by atoms with Crippen LogP contribution in [0, 0.1) is 0 Å². The SMILES string of the molecule is CCC(CC)c1nnc(CCCl)o1. The molecule has 1 rings (SSSR count). The molecule has 0 bridgehead atoms. The first-order valence-corrected chi connectivity index (χ1v) is 5.23. The van der Waals surface area contributed by atoms with E-state index in [9.17, 15) is 0 Å². The number of nitrogens with zero attached hydrogens (tertiary/aromatic N) is 2. The maximum atomic E-state index is 5.56. The van der Waals surface area contributed by atoms with Crippen molar-refractivity contribution in [3.63, 3.8) is 0 Å². The molecule has 0 unspecified atom stereocenters. The van der Waals surface area contributed by atoms with Gasteiger partial charge in [-0.1, -0.05) is 13.8 Å². The highest BCUT2D eigenvalue weighted by Crippen LogP contribution is 2.21. The second kappa shape index (κ2) is 5.22. The fraction of sp³-hybridized carbons (Fsp3) is 0.778. The molecule has 74 valence electrons. The first-order valence-electron chi connectivity index (χ1n) is 4.70. The fourth-order valence-electron chi connectivity index (χ4n) is 1.25. The van der Waals surface area contributed by atoms with Crippen molar-refractivity contribution in [2.45, 2.75) is 39.0 Å². The van der Waals surface area contributed by atoms with Crippen LogP contribution in [0.15, 0.2) is 4.42 Å². The van der Waals surface area contributed by atoms with Gasteiger partial charge in [0.15, 0.2) is 0 Å². The Morgan fingerprint density at radius 1 is 1.31 bits per heavy atom. The topological polar surface area (TPSA) is 38.9 Å². The van der Waals surface area contributed by atoms with Gasteiger partial charge in [-0.3, -0.25) is 0 Å². The van der Waals surface area contributed by atoms with Crippen LogP contribution in [0.5, 0.6) is 0 Å². The summed E-state index contributed by atoms with van der Waals surface area (Å²) in [5.41, 5.74) is 0. The molecule has 0 amide bonds. The summed E-state index contributed by atoms with van der Waals surface area (Å²) in [6, 6.07) is 0. The van der Waals surface area contributed by atoms with Crippen LogP contribution in [-0.2, 0) is 6.42 Å². The van der Waals surface area contributed by atoms with E-state index in [1.165, 1.54) is 0 Å². The van der Waals surface area contributed by atoms with Crippen molar-refractivity contribution in [2.24, 2.45) is 0 Å². The van der Waals surface area contributed by atoms with Gasteiger partial charge in [0.2, 0.25) is 11.8 Å². The van der Waals surface area contributed by atoms with Gasteiger partial charge < -0.3 is 4.42 Å². The first kappa shape index (κ1) is 10.5. The van der Waals surface area contributed by atoms with Crippen molar-refractivity contribution in [2.75, 3.05) is 5.88 Å². The standard InChI is InChI=1S/C9H15ClN2O/c1-3-7(4-2)9-12-11-8(13-9)5-6-10/h7H,3-6H2,1-2H3. The predicted molar refractivity (Wildman–Crippen MR) is 52.0 cm³/mol. The average molecular weight is 203 g/mol. The highest BCUT2D eigenvalue weighted by Gasteiger charge is 2.14. The van der Waals surface area contributed by atoms with Crippen LogP contribution in [0.1, 0.15) is 44.4 Å². The van der Waals surface area contributed by atoms with E-state index in [2.05, 4.69) is 24.0 Å². The normalized spacial score (nSPS) is 11.1. The third-order valence-electron chi connectivity index (χ3n) is 2.13. The number of hydrogen-bond donors (Lipinski definition) is 0. The minimum absolute atomic E-state index is 0.400. The number of alkyl halides is 1. The lowest BCUT2D eigenvalue weighted by Gasteiger charge is -2.04. The number of hydrogen-bond acceptors (Lipinski definition) is 3. The van der Waals surface area contributed by atoms with Crippen molar-refractivity contribution in [3.05, 3.63) is 11.8 Å². The quantitative estimate of drug-likeness (QED) is 0.690. The molecule has 13 heavy (non-hydrogen) atoms. The van der Waals surface area contributed by atoms with Gasteiger partial charge in [0.1, 0.15) is 0 Å². The molecule has 4 heteroatoms. The summed E-state index contributed by atoms with van der Waals surface area (Å²) >= 11 is 5.56. The van der Waals surface area contributed by atoms with E-state index in [-0.39, 0.29) is 0 Å².